The van der Waals surface area contributed by atoms with E-state index in [0.29, 0.717) is 11.8 Å². The Labute approximate surface area is 145 Å². The highest BCUT2D eigenvalue weighted by molar-refractivity contribution is 5.99. The maximum Gasteiger partial charge on any atom is 0.255 e. The van der Waals surface area contributed by atoms with E-state index in [9.17, 15) is 4.79 Å². The van der Waals surface area contributed by atoms with E-state index < -0.39 is 0 Å². The summed E-state index contributed by atoms with van der Waals surface area (Å²) in [5, 5.41) is 3.41. The van der Waals surface area contributed by atoms with Crippen molar-refractivity contribution in [2.75, 3.05) is 25.0 Å². The Kier molecular flexibility index (Phi) is 6.31. The maximum atomic E-state index is 12.9. The van der Waals surface area contributed by atoms with Crippen LogP contribution < -0.4 is 11.1 Å². The third-order valence-electron chi connectivity index (χ3n) is 5.20. The number of unbranched alkanes of at least 4 members (excludes halogenated alkanes) is 1. The molecular weight excluding hydrogens is 310 g/mol. The van der Waals surface area contributed by atoms with Crippen LogP contribution >= 0.6 is 12.4 Å². The van der Waals surface area contributed by atoms with Gasteiger partial charge in [0.25, 0.3) is 5.91 Å². The van der Waals surface area contributed by atoms with Gasteiger partial charge in [-0.1, -0.05) is 25.5 Å². The van der Waals surface area contributed by atoms with Gasteiger partial charge in [-0.15, -0.1) is 12.4 Å². The SMILES string of the molecule is CCCCNc1ccccc1C(=O)N1CC2CCC(N)C2C1.Cl. The van der Waals surface area contributed by atoms with Crippen molar-refractivity contribution in [1.29, 1.82) is 0 Å². The number of carbonyl (C=O) groups is 1. The first-order valence-electron chi connectivity index (χ1n) is 8.58. The molecule has 1 aromatic carbocycles. The van der Waals surface area contributed by atoms with Crippen LogP contribution in [0.5, 0.6) is 0 Å². The van der Waals surface area contributed by atoms with Gasteiger partial charge in [0, 0.05) is 31.4 Å². The molecule has 3 rings (SSSR count). The number of carbonyl (C=O) groups excluding carboxylic acids is 1. The average molecular weight is 338 g/mol. The molecule has 0 aromatic heterocycles. The summed E-state index contributed by atoms with van der Waals surface area (Å²) in [4.78, 5) is 14.9. The van der Waals surface area contributed by atoms with Crippen LogP contribution in [0.2, 0.25) is 0 Å². The van der Waals surface area contributed by atoms with E-state index in [1.807, 2.05) is 29.2 Å². The Bertz CT molecular complexity index is 537. The molecule has 1 saturated heterocycles. The van der Waals surface area contributed by atoms with E-state index in [0.717, 1.165) is 50.1 Å². The van der Waals surface area contributed by atoms with Crippen molar-refractivity contribution in [3.63, 3.8) is 0 Å². The standard InChI is InChI=1S/C18H27N3O.ClH/c1-2-3-10-20-17-7-5-4-6-14(17)18(22)21-11-13-8-9-16(19)15(13)12-21;/h4-7,13,15-16,20H,2-3,8-12,19H2,1H3;1H. The third-order valence-corrected chi connectivity index (χ3v) is 5.20. The molecule has 0 bridgehead atoms. The fourth-order valence-corrected chi connectivity index (χ4v) is 3.87. The van der Waals surface area contributed by atoms with Crippen LogP contribution in [-0.2, 0) is 0 Å². The highest BCUT2D eigenvalue weighted by atomic mass is 35.5. The highest BCUT2D eigenvalue weighted by Crippen LogP contribution is 2.38. The van der Waals surface area contributed by atoms with Gasteiger partial charge in [-0.3, -0.25) is 4.79 Å². The van der Waals surface area contributed by atoms with Crippen molar-refractivity contribution < 1.29 is 4.79 Å². The quantitative estimate of drug-likeness (QED) is 0.811. The lowest BCUT2D eigenvalue weighted by molar-refractivity contribution is 0.0780. The Hall–Kier alpha value is -1.26. The summed E-state index contributed by atoms with van der Waals surface area (Å²) >= 11 is 0. The molecule has 0 spiro atoms. The van der Waals surface area contributed by atoms with E-state index in [-0.39, 0.29) is 24.4 Å². The minimum atomic E-state index is 0. The van der Waals surface area contributed by atoms with Crippen LogP contribution in [0.3, 0.4) is 0 Å². The van der Waals surface area contributed by atoms with Crippen molar-refractivity contribution in [2.45, 2.75) is 38.6 Å². The zero-order chi connectivity index (χ0) is 15.5. The minimum absolute atomic E-state index is 0. The van der Waals surface area contributed by atoms with Crippen molar-refractivity contribution in [3.8, 4) is 0 Å². The van der Waals surface area contributed by atoms with E-state index in [1.54, 1.807) is 0 Å². The van der Waals surface area contributed by atoms with Crippen LogP contribution in [-0.4, -0.2) is 36.5 Å². The maximum absolute atomic E-state index is 12.9. The van der Waals surface area contributed by atoms with Gasteiger partial charge in [-0.25, -0.2) is 0 Å². The molecule has 128 valence electrons. The lowest BCUT2D eigenvalue weighted by Crippen LogP contribution is -2.33. The average Bonchev–Trinajstić information content (AvgIpc) is 3.10. The number of fused-ring (bicyclic) bond motifs is 1. The molecule has 1 aliphatic heterocycles. The summed E-state index contributed by atoms with van der Waals surface area (Å²) < 4.78 is 0. The van der Waals surface area contributed by atoms with Crippen molar-refractivity contribution in [1.82, 2.24) is 4.90 Å². The molecule has 3 atom stereocenters. The number of para-hydroxylation sites is 1. The smallest absolute Gasteiger partial charge is 0.255 e. The number of benzene rings is 1. The van der Waals surface area contributed by atoms with Gasteiger partial charge >= 0.3 is 0 Å². The summed E-state index contributed by atoms with van der Waals surface area (Å²) in [5.41, 5.74) is 7.94. The summed E-state index contributed by atoms with van der Waals surface area (Å²) in [6, 6.07) is 8.15. The molecule has 4 nitrogen and oxygen atoms in total. The zero-order valence-electron chi connectivity index (χ0n) is 13.8. The predicted molar refractivity (Wildman–Crippen MR) is 97.2 cm³/mol. The van der Waals surface area contributed by atoms with Gasteiger partial charge in [0.2, 0.25) is 0 Å². The minimum Gasteiger partial charge on any atom is -0.384 e. The number of nitrogens with one attached hydrogen (secondary N) is 1. The molecule has 3 unspecified atom stereocenters. The first-order chi connectivity index (χ1) is 10.7. The van der Waals surface area contributed by atoms with Gasteiger partial charge in [0.15, 0.2) is 0 Å². The monoisotopic (exact) mass is 337 g/mol. The Balaban J connectivity index is 0.00000192. The summed E-state index contributed by atoms with van der Waals surface area (Å²) in [6.45, 7) is 4.79. The number of hydrogen-bond acceptors (Lipinski definition) is 3. The van der Waals surface area contributed by atoms with Crippen LogP contribution in [0.1, 0.15) is 43.0 Å². The number of amides is 1. The normalized spacial score (nSPS) is 25.8. The van der Waals surface area contributed by atoms with Crippen LogP contribution in [0.25, 0.3) is 0 Å². The van der Waals surface area contributed by atoms with E-state index in [1.165, 1.54) is 6.42 Å². The summed E-state index contributed by atoms with van der Waals surface area (Å²) in [7, 11) is 0. The number of rotatable bonds is 5. The second-order valence-corrected chi connectivity index (χ2v) is 6.70. The Morgan fingerprint density at radius 2 is 2.09 bits per heavy atom. The molecule has 1 aromatic rings. The second-order valence-electron chi connectivity index (χ2n) is 6.70. The zero-order valence-corrected chi connectivity index (χ0v) is 14.6. The molecule has 0 radical (unpaired) electrons. The number of likely N-dealkylation sites (tertiary alicyclic amines) is 1. The van der Waals surface area contributed by atoms with Crippen LogP contribution in [0.4, 0.5) is 5.69 Å². The molecule has 2 fully saturated rings. The number of nitrogens with two attached hydrogens (primary N) is 1. The van der Waals surface area contributed by atoms with E-state index >= 15 is 0 Å². The van der Waals surface area contributed by atoms with Crippen LogP contribution in [0, 0.1) is 11.8 Å². The number of halogens is 1. The predicted octanol–water partition coefficient (Wildman–Crippen LogP) is 3.13. The lowest BCUT2D eigenvalue weighted by Gasteiger charge is -2.20. The van der Waals surface area contributed by atoms with Crippen molar-refractivity contribution in [3.05, 3.63) is 29.8 Å². The van der Waals surface area contributed by atoms with Gasteiger partial charge in [0.1, 0.15) is 0 Å². The molecule has 2 aliphatic rings. The topological polar surface area (TPSA) is 58.4 Å². The molecule has 23 heavy (non-hydrogen) atoms. The van der Waals surface area contributed by atoms with Crippen molar-refractivity contribution in [2.24, 2.45) is 17.6 Å². The largest absolute Gasteiger partial charge is 0.384 e. The van der Waals surface area contributed by atoms with Gasteiger partial charge < -0.3 is 16.0 Å². The Morgan fingerprint density at radius 3 is 2.83 bits per heavy atom. The van der Waals surface area contributed by atoms with Gasteiger partial charge in [0.05, 0.1) is 5.56 Å². The fourth-order valence-electron chi connectivity index (χ4n) is 3.87. The summed E-state index contributed by atoms with van der Waals surface area (Å²) in [5.74, 6) is 1.27. The number of nitrogens with zero attached hydrogens (tertiary/aromatic N) is 1. The molecule has 3 N–H and O–H groups in total. The molecule has 5 heteroatoms. The first kappa shape index (κ1) is 18.1. The summed E-state index contributed by atoms with van der Waals surface area (Å²) in [6.07, 6.45) is 4.56. The van der Waals surface area contributed by atoms with Crippen LogP contribution in [0.15, 0.2) is 24.3 Å². The fraction of sp³-hybridized carbons (Fsp3) is 0.611. The second kappa shape index (κ2) is 8.02. The first-order valence-corrected chi connectivity index (χ1v) is 8.58. The van der Waals surface area contributed by atoms with E-state index in [4.69, 9.17) is 5.73 Å². The van der Waals surface area contributed by atoms with Gasteiger partial charge in [-0.05, 0) is 43.2 Å². The molecular formula is C18H28ClN3O. The van der Waals surface area contributed by atoms with Crippen molar-refractivity contribution >= 4 is 24.0 Å². The molecule has 1 aliphatic carbocycles. The lowest BCUT2D eigenvalue weighted by atomic mass is 9.98. The molecule has 1 heterocycles. The third kappa shape index (κ3) is 3.81. The molecule has 1 amide bonds. The number of hydrogen-bond donors (Lipinski definition) is 2. The highest BCUT2D eigenvalue weighted by Gasteiger charge is 2.42. The Morgan fingerprint density at radius 1 is 1.30 bits per heavy atom. The number of anilines is 1. The molecule has 1 saturated carbocycles. The van der Waals surface area contributed by atoms with Gasteiger partial charge in [-0.2, -0.15) is 0 Å². The van der Waals surface area contributed by atoms with E-state index in [2.05, 4.69) is 12.2 Å².